The van der Waals surface area contributed by atoms with Crippen molar-refractivity contribution in [1.29, 1.82) is 0 Å². The minimum atomic E-state index is -0.258. The van der Waals surface area contributed by atoms with Crippen molar-refractivity contribution in [1.82, 2.24) is 9.80 Å². The number of carbonyl (C=O) groups excluding carboxylic acids is 2. The normalized spacial score (nSPS) is 11.2. The third-order valence-corrected chi connectivity index (χ3v) is 4.75. The highest BCUT2D eigenvalue weighted by Gasteiger charge is 2.13. The van der Waals surface area contributed by atoms with Crippen molar-refractivity contribution < 1.29 is 14.3 Å². The van der Waals surface area contributed by atoms with E-state index >= 15 is 0 Å². The SMILES string of the molecule is CCOC(=O)CCN(CCCCN(CC)CC)C(=O)/C=C/c1ccc(C)cc1. The molecule has 0 aliphatic heterocycles. The summed E-state index contributed by atoms with van der Waals surface area (Å²) in [7, 11) is 0. The predicted octanol–water partition coefficient (Wildman–Crippen LogP) is 3.91. The molecule has 0 heterocycles. The van der Waals surface area contributed by atoms with E-state index in [4.69, 9.17) is 4.74 Å². The Hall–Kier alpha value is -2.14. The molecule has 0 N–H and O–H groups in total. The quantitative estimate of drug-likeness (QED) is 0.292. The van der Waals surface area contributed by atoms with Crippen LogP contribution >= 0.6 is 0 Å². The third-order valence-electron chi connectivity index (χ3n) is 4.75. The molecule has 0 atom stereocenters. The number of nitrogens with zero attached hydrogens (tertiary/aromatic N) is 2. The van der Waals surface area contributed by atoms with Gasteiger partial charge >= 0.3 is 5.97 Å². The van der Waals surface area contributed by atoms with E-state index in [-0.39, 0.29) is 18.3 Å². The number of amides is 1. The second-order valence-corrected chi connectivity index (χ2v) is 6.86. The van der Waals surface area contributed by atoms with Crippen LogP contribution in [0.25, 0.3) is 6.08 Å². The van der Waals surface area contributed by atoms with E-state index in [0.717, 1.165) is 38.0 Å². The molecule has 0 aliphatic rings. The summed E-state index contributed by atoms with van der Waals surface area (Å²) < 4.78 is 5.00. The lowest BCUT2D eigenvalue weighted by Crippen LogP contribution is -2.33. The molecule has 0 saturated carbocycles. The van der Waals surface area contributed by atoms with Crippen LogP contribution in [0.4, 0.5) is 0 Å². The Morgan fingerprint density at radius 2 is 1.61 bits per heavy atom. The van der Waals surface area contributed by atoms with Crippen LogP contribution in [0.3, 0.4) is 0 Å². The van der Waals surface area contributed by atoms with E-state index in [2.05, 4.69) is 18.7 Å². The van der Waals surface area contributed by atoms with Crippen LogP contribution in [0, 0.1) is 6.92 Å². The lowest BCUT2D eigenvalue weighted by atomic mass is 10.1. The average Bonchev–Trinajstić information content (AvgIpc) is 2.69. The lowest BCUT2D eigenvalue weighted by Gasteiger charge is -2.22. The van der Waals surface area contributed by atoms with Gasteiger partial charge in [0, 0.05) is 19.2 Å². The molecule has 0 aromatic heterocycles. The molecule has 0 spiro atoms. The Kier molecular flexibility index (Phi) is 11.9. The van der Waals surface area contributed by atoms with Gasteiger partial charge in [0.1, 0.15) is 0 Å². The monoisotopic (exact) mass is 388 g/mol. The molecule has 156 valence electrons. The zero-order valence-corrected chi connectivity index (χ0v) is 17.9. The zero-order valence-electron chi connectivity index (χ0n) is 17.9. The molecular formula is C23H36N2O3. The second-order valence-electron chi connectivity index (χ2n) is 6.86. The summed E-state index contributed by atoms with van der Waals surface area (Å²) in [5, 5.41) is 0. The van der Waals surface area contributed by atoms with Gasteiger partial charge in [0.25, 0.3) is 0 Å². The summed E-state index contributed by atoms with van der Waals surface area (Å²) in [6.45, 7) is 12.7. The first-order chi connectivity index (χ1) is 13.5. The Morgan fingerprint density at radius 1 is 0.964 bits per heavy atom. The summed E-state index contributed by atoms with van der Waals surface area (Å²) >= 11 is 0. The standard InChI is InChI=1S/C23H36N2O3/c1-5-24(6-2)17-8-9-18-25(19-16-23(27)28-7-3)22(26)15-14-21-12-10-20(4)11-13-21/h10-15H,5-9,16-19H2,1-4H3/b15-14+. The maximum absolute atomic E-state index is 12.7. The molecule has 0 aliphatic carbocycles. The van der Waals surface area contributed by atoms with E-state index in [0.29, 0.717) is 19.7 Å². The second kappa shape index (κ2) is 13.9. The minimum absolute atomic E-state index is 0.0623. The first kappa shape index (κ1) is 23.9. The smallest absolute Gasteiger partial charge is 0.307 e. The molecule has 1 aromatic rings. The number of ether oxygens (including phenoxy) is 1. The van der Waals surface area contributed by atoms with Gasteiger partial charge in [-0.05, 0) is 58.0 Å². The van der Waals surface area contributed by atoms with Crippen LogP contribution < -0.4 is 0 Å². The fourth-order valence-electron chi connectivity index (χ4n) is 2.92. The van der Waals surface area contributed by atoms with E-state index in [1.165, 1.54) is 5.56 Å². The molecule has 1 rings (SSSR count). The topological polar surface area (TPSA) is 49.9 Å². The number of aryl methyl sites for hydroxylation is 1. The Balaban J connectivity index is 2.62. The molecule has 28 heavy (non-hydrogen) atoms. The van der Waals surface area contributed by atoms with E-state index < -0.39 is 0 Å². The summed E-state index contributed by atoms with van der Waals surface area (Å²) in [4.78, 5) is 28.5. The summed E-state index contributed by atoms with van der Waals surface area (Å²) in [6.07, 6.45) is 5.61. The van der Waals surface area contributed by atoms with Crippen molar-refractivity contribution in [3.8, 4) is 0 Å². The summed E-state index contributed by atoms with van der Waals surface area (Å²) in [5.74, 6) is -0.321. The van der Waals surface area contributed by atoms with E-state index in [9.17, 15) is 9.59 Å². The molecule has 5 nitrogen and oxygen atoms in total. The van der Waals surface area contributed by atoms with Crippen LogP contribution in [-0.4, -0.2) is 61.0 Å². The Morgan fingerprint density at radius 3 is 2.21 bits per heavy atom. The minimum Gasteiger partial charge on any atom is -0.466 e. The van der Waals surface area contributed by atoms with Crippen LogP contribution in [0.1, 0.15) is 51.2 Å². The zero-order chi connectivity index (χ0) is 20.8. The van der Waals surface area contributed by atoms with Crippen LogP contribution in [-0.2, 0) is 14.3 Å². The van der Waals surface area contributed by atoms with Crippen molar-refractivity contribution in [2.24, 2.45) is 0 Å². The van der Waals surface area contributed by atoms with Crippen molar-refractivity contribution in [2.45, 2.75) is 47.0 Å². The maximum Gasteiger partial charge on any atom is 0.307 e. The van der Waals surface area contributed by atoms with Gasteiger partial charge in [-0.25, -0.2) is 0 Å². The van der Waals surface area contributed by atoms with Gasteiger partial charge in [0.15, 0.2) is 0 Å². The number of carbonyl (C=O) groups is 2. The van der Waals surface area contributed by atoms with Gasteiger partial charge in [0.05, 0.1) is 13.0 Å². The van der Waals surface area contributed by atoms with Gasteiger partial charge in [-0.1, -0.05) is 43.7 Å². The molecule has 1 amide bonds. The van der Waals surface area contributed by atoms with Crippen LogP contribution in [0.2, 0.25) is 0 Å². The van der Waals surface area contributed by atoms with Gasteiger partial charge in [-0.2, -0.15) is 0 Å². The summed E-state index contributed by atoms with van der Waals surface area (Å²) in [5.41, 5.74) is 2.18. The molecule has 5 heteroatoms. The molecule has 0 fully saturated rings. The van der Waals surface area contributed by atoms with Crippen molar-refractivity contribution in [3.63, 3.8) is 0 Å². The van der Waals surface area contributed by atoms with Crippen molar-refractivity contribution in [3.05, 3.63) is 41.5 Å². The average molecular weight is 389 g/mol. The Labute approximate surface area is 170 Å². The van der Waals surface area contributed by atoms with Gasteiger partial charge < -0.3 is 14.5 Å². The van der Waals surface area contributed by atoms with Gasteiger partial charge in [0.2, 0.25) is 5.91 Å². The van der Waals surface area contributed by atoms with Crippen LogP contribution in [0.15, 0.2) is 30.3 Å². The fraction of sp³-hybridized carbons (Fsp3) is 0.565. The lowest BCUT2D eigenvalue weighted by molar-refractivity contribution is -0.143. The predicted molar refractivity (Wildman–Crippen MR) is 115 cm³/mol. The third kappa shape index (κ3) is 9.70. The van der Waals surface area contributed by atoms with Crippen molar-refractivity contribution >= 4 is 18.0 Å². The first-order valence-electron chi connectivity index (χ1n) is 10.4. The fourth-order valence-corrected chi connectivity index (χ4v) is 2.92. The Bertz CT molecular complexity index is 607. The molecule has 0 bridgehead atoms. The van der Waals surface area contributed by atoms with E-state index in [1.807, 2.05) is 37.3 Å². The molecule has 0 saturated heterocycles. The number of unbranched alkanes of at least 4 members (excludes halogenated alkanes) is 1. The highest BCUT2D eigenvalue weighted by Crippen LogP contribution is 2.07. The number of hydrogen-bond acceptors (Lipinski definition) is 4. The van der Waals surface area contributed by atoms with E-state index in [1.54, 1.807) is 17.9 Å². The molecule has 0 unspecified atom stereocenters. The van der Waals surface area contributed by atoms with Crippen molar-refractivity contribution in [2.75, 3.05) is 39.3 Å². The van der Waals surface area contributed by atoms with Gasteiger partial charge in [-0.3, -0.25) is 9.59 Å². The largest absolute Gasteiger partial charge is 0.466 e. The first-order valence-corrected chi connectivity index (χ1v) is 10.4. The number of esters is 1. The highest BCUT2D eigenvalue weighted by atomic mass is 16.5. The number of hydrogen-bond donors (Lipinski definition) is 0. The van der Waals surface area contributed by atoms with Crippen LogP contribution in [0.5, 0.6) is 0 Å². The molecular weight excluding hydrogens is 352 g/mol. The molecule has 0 radical (unpaired) electrons. The summed E-state index contributed by atoms with van der Waals surface area (Å²) in [6, 6.07) is 8.03. The van der Waals surface area contributed by atoms with Gasteiger partial charge in [-0.15, -0.1) is 0 Å². The maximum atomic E-state index is 12.7. The highest BCUT2D eigenvalue weighted by molar-refractivity contribution is 5.92. The number of rotatable bonds is 13. The molecule has 1 aromatic carbocycles. The number of benzene rings is 1.